The second-order valence-electron chi connectivity index (χ2n) is 10.5. The van der Waals surface area contributed by atoms with Crippen LogP contribution in [0.4, 0.5) is 11.4 Å². The summed E-state index contributed by atoms with van der Waals surface area (Å²) in [5, 5.41) is 2.47. The molecule has 1 amide bonds. The van der Waals surface area contributed by atoms with Crippen LogP contribution in [0.15, 0.2) is 101 Å². The minimum Gasteiger partial charge on any atom is -0.342 e. The molecule has 0 saturated carbocycles. The second kappa shape index (κ2) is 11.1. The molecule has 0 atom stereocenters. The quantitative estimate of drug-likeness (QED) is 0.196. The van der Waals surface area contributed by atoms with Gasteiger partial charge >= 0.3 is 0 Å². The van der Waals surface area contributed by atoms with E-state index in [1.807, 2.05) is 54.6 Å². The van der Waals surface area contributed by atoms with E-state index < -0.39 is 0 Å². The van der Waals surface area contributed by atoms with Gasteiger partial charge in [0, 0.05) is 34.2 Å². The number of para-hydroxylation sites is 1. The number of hydrogen-bond donors (Lipinski definition) is 0. The highest BCUT2D eigenvalue weighted by Crippen LogP contribution is 2.39. The molecule has 204 valence electrons. The van der Waals surface area contributed by atoms with Crippen LogP contribution in [0.3, 0.4) is 0 Å². The number of rotatable bonds is 5. The molecule has 41 heavy (non-hydrogen) atoms. The highest BCUT2D eigenvalue weighted by atomic mass is 35.5. The Balaban J connectivity index is 1.43. The predicted molar refractivity (Wildman–Crippen MR) is 174 cm³/mol. The van der Waals surface area contributed by atoms with E-state index in [2.05, 4.69) is 74.9 Å². The van der Waals surface area contributed by atoms with Gasteiger partial charge in [0.2, 0.25) is 0 Å². The number of amides is 1. The van der Waals surface area contributed by atoms with Gasteiger partial charge in [-0.05, 0) is 116 Å². The maximum absolute atomic E-state index is 14.0. The zero-order valence-electron chi connectivity index (χ0n) is 23.5. The molecule has 6 heteroatoms. The normalized spacial score (nSPS) is 15.5. The summed E-state index contributed by atoms with van der Waals surface area (Å²) in [4.78, 5) is 21.4. The summed E-state index contributed by atoms with van der Waals surface area (Å²) in [6.07, 6.45) is 4.13. The molecule has 1 saturated heterocycles. The number of anilines is 1. The zero-order valence-corrected chi connectivity index (χ0v) is 25.1. The van der Waals surface area contributed by atoms with Gasteiger partial charge < -0.3 is 4.57 Å². The molecular formula is C35H30ClN3OS. The van der Waals surface area contributed by atoms with Crippen LogP contribution < -0.4 is 4.90 Å². The molecule has 4 nitrogen and oxygen atoms in total. The number of carbonyl (C=O) groups excluding carboxylic acids is 1. The van der Waals surface area contributed by atoms with E-state index in [-0.39, 0.29) is 5.91 Å². The van der Waals surface area contributed by atoms with E-state index in [4.69, 9.17) is 16.6 Å². The van der Waals surface area contributed by atoms with Crippen molar-refractivity contribution in [1.29, 1.82) is 0 Å². The number of amidine groups is 1. The highest BCUT2D eigenvalue weighted by Gasteiger charge is 2.35. The number of halogens is 1. The van der Waals surface area contributed by atoms with E-state index in [1.54, 1.807) is 4.90 Å². The standard InChI is InChI=1S/C35H30ClN3OS/c1-22-9-15-29(17-24(22)3)37-35-39(30-16-10-23(2)25(4)18-30)34(40)33(41-35)19-27-21-38(32-8-6-5-7-31(27)32)20-26-11-13-28(36)14-12-26/h5-19,21H,20H2,1-4H3/b33-19-,37-35?. The smallest absolute Gasteiger partial charge is 0.271 e. The monoisotopic (exact) mass is 575 g/mol. The lowest BCUT2D eigenvalue weighted by molar-refractivity contribution is -0.113. The van der Waals surface area contributed by atoms with Gasteiger partial charge in [-0.25, -0.2) is 4.99 Å². The fraction of sp³-hybridized carbons (Fsp3) is 0.143. The molecule has 4 aromatic carbocycles. The van der Waals surface area contributed by atoms with Gasteiger partial charge in [-0.15, -0.1) is 0 Å². The minimum atomic E-state index is -0.0737. The van der Waals surface area contributed by atoms with E-state index in [0.29, 0.717) is 16.6 Å². The topological polar surface area (TPSA) is 37.6 Å². The van der Waals surface area contributed by atoms with Crippen molar-refractivity contribution in [3.8, 4) is 0 Å². The molecular weight excluding hydrogens is 546 g/mol. The Bertz CT molecular complexity index is 1870. The third kappa shape index (κ3) is 5.48. The molecule has 5 aromatic rings. The number of nitrogens with zero attached hydrogens (tertiary/aromatic N) is 3. The van der Waals surface area contributed by atoms with E-state index in [1.165, 1.54) is 28.5 Å². The lowest BCUT2D eigenvalue weighted by atomic mass is 10.1. The number of aromatic nitrogens is 1. The Kier molecular flexibility index (Phi) is 7.33. The Labute approximate surface area is 250 Å². The largest absolute Gasteiger partial charge is 0.342 e. The molecule has 1 aromatic heterocycles. The van der Waals surface area contributed by atoms with Gasteiger partial charge in [0.1, 0.15) is 0 Å². The van der Waals surface area contributed by atoms with Crippen LogP contribution >= 0.6 is 23.4 Å². The first-order valence-corrected chi connectivity index (χ1v) is 14.8. The summed E-state index contributed by atoms with van der Waals surface area (Å²) >= 11 is 7.53. The van der Waals surface area contributed by atoms with Gasteiger partial charge in [-0.1, -0.05) is 54.1 Å². The Morgan fingerprint density at radius 2 is 1.54 bits per heavy atom. The fourth-order valence-corrected chi connectivity index (χ4v) is 6.11. The summed E-state index contributed by atoms with van der Waals surface area (Å²) in [5.74, 6) is -0.0737. The summed E-state index contributed by atoms with van der Waals surface area (Å²) in [5.41, 5.74) is 9.62. The van der Waals surface area contributed by atoms with Crippen molar-refractivity contribution in [2.24, 2.45) is 4.99 Å². The lowest BCUT2D eigenvalue weighted by Crippen LogP contribution is -2.28. The molecule has 0 aliphatic carbocycles. The van der Waals surface area contributed by atoms with Crippen molar-refractivity contribution >= 4 is 62.8 Å². The summed E-state index contributed by atoms with van der Waals surface area (Å²) in [6, 6.07) is 28.5. The molecule has 0 spiro atoms. The van der Waals surface area contributed by atoms with Crippen LogP contribution in [-0.4, -0.2) is 15.6 Å². The number of benzene rings is 4. The fourth-order valence-electron chi connectivity index (χ4n) is 5.00. The molecule has 1 aliphatic heterocycles. The average Bonchev–Trinajstić information content (AvgIpc) is 3.45. The van der Waals surface area contributed by atoms with Crippen LogP contribution in [0, 0.1) is 27.7 Å². The van der Waals surface area contributed by atoms with E-state index >= 15 is 0 Å². The maximum atomic E-state index is 14.0. The third-order valence-electron chi connectivity index (χ3n) is 7.64. The van der Waals surface area contributed by atoms with Crippen molar-refractivity contribution in [2.75, 3.05) is 4.90 Å². The summed E-state index contributed by atoms with van der Waals surface area (Å²) < 4.78 is 2.22. The first-order chi connectivity index (χ1) is 19.8. The maximum Gasteiger partial charge on any atom is 0.271 e. The SMILES string of the molecule is Cc1ccc(N=C2S/C(=C\c3cn(Cc4ccc(Cl)cc4)c4ccccc34)C(=O)N2c2ccc(C)c(C)c2)cc1C. The highest BCUT2D eigenvalue weighted by molar-refractivity contribution is 8.19. The number of aliphatic imine (C=N–C) groups is 1. The first kappa shape index (κ1) is 27.1. The van der Waals surface area contributed by atoms with Crippen LogP contribution in [0.2, 0.25) is 5.02 Å². The van der Waals surface area contributed by atoms with E-state index in [0.717, 1.165) is 44.0 Å². The molecule has 6 rings (SSSR count). The molecule has 0 radical (unpaired) electrons. The average molecular weight is 576 g/mol. The number of thioether (sulfide) groups is 1. The molecule has 2 heterocycles. The lowest BCUT2D eigenvalue weighted by Gasteiger charge is -2.17. The van der Waals surface area contributed by atoms with Gasteiger partial charge in [-0.2, -0.15) is 0 Å². The Morgan fingerprint density at radius 3 is 2.27 bits per heavy atom. The Morgan fingerprint density at radius 1 is 0.829 bits per heavy atom. The van der Waals surface area contributed by atoms with Crippen LogP contribution in [0.1, 0.15) is 33.4 Å². The van der Waals surface area contributed by atoms with Gasteiger partial charge in [-0.3, -0.25) is 9.69 Å². The molecule has 0 unspecified atom stereocenters. The molecule has 1 aliphatic rings. The van der Waals surface area contributed by atoms with E-state index in [9.17, 15) is 4.79 Å². The summed E-state index contributed by atoms with van der Waals surface area (Å²) in [7, 11) is 0. The summed E-state index contributed by atoms with van der Waals surface area (Å²) in [6.45, 7) is 9.02. The van der Waals surface area contributed by atoms with Gasteiger partial charge in [0.15, 0.2) is 5.17 Å². The zero-order chi connectivity index (χ0) is 28.7. The number of carbonyl (C=O) groups is 1. The van der Waals surface area contributed by atoms with Crippen molar-refractivity contribution in [3.05, 3.63) is 134 Å². The van der Waals surface area contributed by atoms with Crippen LogP contribution in [0.5, 0.6) is 0 Å². The van der Waals surface area contributed by atoms with Crippen molar-refractivity contribution in [1.82, 2.24) is 4.57 Å². The Hall–Kier alpha value is -4.06. The first-order valence-electron chi connectivity index (χ1n) is 13.6. The van der Waals surface area contributed by atoms with Crippen molar-refractivity contribution < 1.29 is 4.79 Å². The van der Waals surface area contributed by atoms with Crippen molar-refractivity contribution in [2.45, 2.75) is 34.2 Å². The number of aryl methyl sites for hydroxylation is 4. The van der Waals surface area contributed by atoms with Gasteiger partial charge in [0.25, 0.3) is 5.91 Å². The number of hydrogen-bond acceptors (Lipinski definition) is 3. The minimum absolute atomic E-state index is 0.0737. The molecule has 0 N–H and O–H groups in total. The van der Waals surface area contributed by atoms with Crippen LogP contribution in [0.25, 0.3) is 17.0 Å². The number of fused-ring (bicyclic) bond motifs is 1. The van der Waals surface area contributed by atoms with Crippen molar-refractivity contribution in [3.63, 3.8) is 0 Å². The molecule has 0 bridgehead atoms. The second-order valence-corrected chi connectivity index (χ2v) is 12.0. The van der Waals surface area contributed by atoms with Crippen LogP contribution in [-0.2, 0) is 11.3 Å². The molecule has 1 fully saturated rings. The predicted octanol–water partition coefficient (Wildman–Crippen LogP) is 9.39. The van der Waals surface area contributed by atoms with Gasteiger partial charge in [0.05, 0.1) is 16.3 Å². The third-order valence-corrected chi connectivity index (χ3v) is 8.86.